The first-order valence-electron chi connectivity index (χ1n) is 6.80. The average Bonchev–Trinajstić information content (AvgIpc) is 2.89. The van der Waals surface area contributed by atoms with E-state index in [0.29, 0.717) is 23.7 Å². The summed E-state index contributed by atoms with van der Waals surface area (Å²) in [5, 5.41) is 0.809. The summed E-state index contributed by atoms with van der Waals surface area (Å²) in [7, 11) is 0. The standard InChI is InChI=1S/C15H16N2O3/c1-9(2)13(18)12-7-8-16-14(19)10-5-3-4-6-11(10)15(20)17(12)16/h3-6,9,12H,7-8H2,1-2H3. The Kier molecular flexibility index (Phi) is 2.85. The Morgan fingerprint density at radius 2 is 1.75 bits per heavy atom. The number of carbonyl (C=O) groups excluding carboxylic acids is 1. The van der Waals surface area contributed by atoms with Crippen molar-refractivity contribution in [3.8, 4) is 0 Å². The van der Waals surface area contributed by atoms with Crippen molar-refractivity contribution in [2.45, 2.75) is 32.9 Å². The molecule has 20 heavy (non-hydrogen) atoms. The van der Waals surface area contributed by atoms with Gasteiger partial charge in [-0.3, -0.25) is 14.4 Å². The van der Waals surface area contributed by atoms with Crippen molar-refractivity contribution in [1.82, 2.24) is 9.36 Å². The van der Waals surface area contributed by atoms with Gasteiger partial charge in [0.05, 0.1) is 10.8 Å². The second-order valence-corrected chi connectivity index (χ2v) is 5.49. The van der Waals surface area contributed by atoms with E-state index in [4.69, 9.17) is 0 Å². The molecule has 1 aromatic carbocycles. The average molecular weight is 272 g/mol. The van der Waals surface area contributed by atoms with Gasteiger partial charge in [-0.25, -0.2) is 9.36 Å². The van der Waals surface area contributed by atoms with Crippen molar-refractivity contribution >= 4 is 16.6 Å². The number of Topliss-reactive ketones (excluding diaryl/α,β-unsaturated/α-hetero) is 1. The summed E-state index contributed by atoms with van der Waals surface area (Å²) in [6.07, 6.45) is 0.516. The van der Waals surface area contributed by atoms with Gasteiger partial charge < -0.3 is 0 Å². The first kappa shape index (κ1) is 12.8. The van der Waals surface area contributed by atoms with Crippen LogP contribution in [0.4, 0.5) is 0 Å². The first-order chi connectivity index (χ1) is 9.52. The Balaban J connectivity index is 2.34. The molecule has 0 N–H and O–H groups in total. The third kappa shape index (κ3) is 1.66. The number of hydrogen-bond donors (Lipinski definition) is 0. The topological polar surface area (TPSA) is 61.1 Å². The Morgan fingerprint density at radius 1 is 1.15 bits per heavy atom. The summed E-state index contributed by atoms with van der Waals surface area (Å²) in [4.78, 5) is 37.2. The van der Waals surface area contributed by atoms with Gasteiger partial charge in [-0.05, 0) is 18.6 Å². The van der Waals surface area contributed by atoms with Gasteiger partial charge >= 0.3 is 0 Å². The Bertz CT molecular complexity index is 814. The molecule has 0 radical (unpaired) electrons. The zero-order valence-corrected chi connectivity index (χ0v) is 11.5. The number of ketones is 1. The summed E-state index contributed by atoms with van der Waals surface area (Å²) in [6.45, 7) is 4.05. The van der Waals surface area contributed by atoms with Gasteiger partial charge in [-0.1, -0.05) is 26.0 Å². The molecule has 0 fully saturated rings. The van der Waals surface area contributed by atoms with Crippen LogP contribution >= 0.6 is 0 Å². The highest BCUT2D eigenvalue weighted by atomic mass is 16.2. The second kappa shape index (κ2) is 4.44. The highest BCUT2D eigenvalue weighted by molar-refractivity contribution is 5.85. The predicted molar refractivity (Wildman–Crippen MR) is 76.0 cm³/mol. The quantitative estimate of drug-likeness (QED) is 0.828. The minimum Gasteiger partial charge on any atom is -0.297 e. The fourth-order valence-corrected chi connectivity index (χ4v) is 2.86. The molecule has 0 aliphatic carbocycles. The van der Waals surface area contributed by atoms with Crippen LogP contribution in [0.25, 0.3) is 10.8 Å². The molecule has 1 aliphatic heterocycles. The number of rotatable bonds is 2. The van der Waals surface area contributed by atoms with Gasteiger partial charge in [0.2, 0.25) is 0 Å². The number of fused-ring (bicyclic) bond motifs is 2. The molecular formula is C15H16N2O3. The molecule has 0 saturated heterocycles. The molecule has 5 nitrogen and oxygen atoms in total. The van der Waals surface area contributed by atoms with E-state index in [1.165, 1.54) is 9.36 Å². The van der Waals surface area contributed by atoms with Gasteiger partial charge in [0.25, 0.3) is 11.1 Å². The fourth-order valence-electron chi connectivity index (χ4n) is 2.86. The van der Waals surface area contributed by atoms with Crippen molar-refractivity contribution < 1.29 is 4.79 Å². The van der Waals surface area contributed by atoms with Gasteiger partial charge in [-0.2, -0.15) is 0 Å². The summed E-state index contributed by atoms with van der Waals surface area (Å²) in [5.74, 6) is -0.145. The molecule has 2 aromatic rings. The monoisotopic (exact) mass is 272 g/mol. The zero-order chi connectivity index (χ0) is 14.4. The highest BCUT2D eigenvalue weighted by Crippen LogP contribution is 2.22. The summed E-state index contributed by atoms with van der Waals surface area (Å²) < 4.78 is 2.77. The molecule has 0 amide bonds. The maximum absolute atomic E-state index is 12.6. The summed E-state index contributed by atoms with van der Waals surface area (Å²) >= 11 is 0. The lowest BCUT2D eigenvalue weighted by atomic mass is 10.0. The zero-order valence-electron chi connectivity index (χ0n) is 11.5. The van der Waals surface area contributed by atoms with Crippen LogP contribution in [-0.2, 0) is 11.3 Å². The second-order valence-electron chi connectivity index (χ2n) is 5.49. The van der Waals surface area contributed by atoms with E-state index in [2.05, 4.69) is 0 Å². The Morgan fingerprint density at radius 3 is 2.35 bits per heavy atom. The highest BCUT2D eigenvalue weighted by Gasteiger charge is 2.32. The Labute approximate surface area is 115 Å². The van der Waals surface area contributed by atoms with Crippen molar-refractivity contribution in [3.63, 3.8) is 0 Å². The lowest BCUT2D eigenvalue weighted by Gasteiger charge is -2.15. The predicted octanol–water partition coefficient (Wildman–Crippen LogP) is 1.33. The molecule has 104 valence electrons. The van der Waals surface area contributed by atoms with Crippen molar-refractivity contribution in [3.05, 3.63) is 45.0 Å². The largest absolute Gasteiger partial charge is 0.297 e. The van der Waals surface area contributed by atoms with E-state index in [-0.39, 0.29) is 22.8 Å². The molecule has 1 atom stereocenters. The number of hydrogen-bond acceptors (Lipinski definition) is 3. The summed E-state index contributed by atoms with van der Waals surface area (Å²) in [5.41, 5.74) is -0.448. The third-order valence-electron chi connectivity index (χ3n) is 3.90. The van der Waals surface area contributed by atoms with Crippen LogP contribution < -0.4 is 11.1 Å². The molecule has 1 aromatic heterocycles. The molecule has 5 heteroatoms. The lowest BCUT2D eigenvalue weighted by Crippen LogP contribution is -2.38. The van der Waals surface area contributed by atoms with Crippen LogP contribution in [0.3, 0.4) is 0 Å². The Hall–Kier alpha value is -2.17. The number of aromatic nitrogens is 2. The minimum absolute atomic E-state index is 0.00744. The maximum Gasteiger partial charge on any atom is 0.273 e. The van der Waals surface area contributed by atoms with Crippen LogP contribution in [0, 0.1) is 5.92 Å². The van der Waals surface area contributed by atoms with Crippen LogP contribution in [0.2, 0.25) is 0 Å². The van der Waals surface area contributed by atoms with Crippen LogP contribution in [0.1, 0.15) is 26.3 Å². The molecule has 2 heterocycles. The SMILES string of the molecule is CC(C)C(=O)C1CCn2c(=O)c3ccccc3c(=O)n21. The fraction of sp³-hybridized carbons (Fsp3) is 0.400. The van der Waals surface area contributed by atoms with E-state index < -0.39 is 6.04 Å². The first-order valence-corrected chi connectivity index (χ1v) is 6.80. The van der Waals surface area contributed by atoms with Crippen molar-refractivity contribution in [1.29, 1.82) is 0 Å². The molecule has 3 rings (SSSR count). The van der Waals surface area contributed by atoms with E-state index in [9.17, 15) is 14.4 Å². The van der Waals surface area contributed by atoms with Gasteiger partial charge in [-0.15, -0.1) is 0 Å². The normalized spacial score (nSPS) is 17.6. The smallest absolute Gasteiger partial charge is 0.273 e. The van der Waals surface area contributed by atoms with Crippen LogP contribution in [0.15, 0.2) is 33.9 Å². The van der Waals surface area contributed by atoms with Gasteiger partial charge in [0.1, 0.15) is 6.04 Å². The number of carbonyl (C=O) groups is 1. The molecule has 0 bridgehead atoms. The van der Waals surface area contributed by atoms with Crippen molar-refractivity contribution in [2.75, 3.05) is 0 Å². The van der Waals surface area contributed by atoms with Crippen molar-refractivity contribution in [2.24, 2.45) is 5.92 Å². The van der Waals surface area contributed by atoms with Gasteiger partial charge in [0, 0.05) is 12.5 Å². The summed E-state index contributed by atoms with van der Waals surface area (Å²) in [6, 6.07) is 6.26. The minimum atomic E-state index is -0.514. The van der Waals surface area contributed by atoms with E-state index in [1.54, 1.807) is 24.3 Å². The van der Waals surface area contributed by atoms with E-state index in [0.717, 1.165) is 0 Å². The van der Waals surface area contributed by atoms with Gasteiger partial charge in [0.15, 0.2) is 5.78 Å². The maximum atomic E-state index is 12.6. The number of benzene rings is 1. The molecule has 1 aliphatic rings. The molecular weight excluding hydrogens is 256 g/mol. The third-order valence-corrected chi connectivity index (χ3v) is 3.90. The van der Waals surface area contributed by atoms with Crippen LogP contribution in [-0.4, -0.2) is 15.1 Å². The van der Waals surface area contributed by atoms with E-state index in [1.807, 2.05) is 13.8 Å². The van der Waals surface area contributed by atoms with E-state index >= 15 is 0 Å². The van der Waals surface area contributed by atoms with Crippen LogP contribution in [0.5, 0.6) is 0 Å². The lowest BCUT2D eigenvalue weighted by molar-refractivity contribution is -0.125. The number of nitrogens with zero attached hydrogens (tertiary/aromatic N) is 2. The molecule has 1 unspecified atom stereocenters. The molecule has 0 spiro atoms. The molecule has 0 saturated carbocycles.